The molecule has 0 aromatic heterocycles. The standard InChI is InChI=1S/C12H12F2N2O5/c1-12(2,11(18)19)5-15-10(17)8-6(13)3-4-7(9(8)14)16(20)21/h3-4H,5H2,1-2H3,(H,15,17)(H,18,19). The van der Waals surface area contributed by atoms with E-state index in [0.29, 0.717) is 12.1 Å². The lowest BCUT2D eigenvalue weighted by molar-refractivity contribution is -0.387. The zero-order valence-corrected chi connectivity index (χ0v) is 11.1. The molecule has 0 radical (unpaired) electrons. The van der Waals surface area contributed by atoms with Crippen LogP contribution in [0.3, 0.4) is 0 Å². The van der Waals surface area contributed by atoms with Crippen molar-refractivity contribution in [2.24, 2.45) is 5.41 Å². The van der Waals surface area contributed by atoms with Gasteiger partial charge < -0.3 is 10.4 Å². The number of rotatable bonds is 5. The van der Waals surface area contributed by atoms with Crippen LogP contribution < -0.4 is 5.32 Å². The van der Waals surface area contributed by atoms with Gasteiger partial charge in [0.2, 0.25) is 5.82 Å². The smallest absolute Gasteiger partial charge is 0.310 e. The zero-order chi connectivity index (χ0) is 16.4. The molecule has 0 unspecified atom stereocenters. The van der Waals surface area contributed by atoms with Crippen molar-refractivity contribution in [1.82, 2.24) is 5.32 Å². The first kappa shape index (κ1) is 16.5. The van der Waals surface area contributed by atoms with Crippen molar-refractivity contribution in [3.05, 3.63) is 39.4 Å². The number of nitro benzene ring substituents is 1. The molecule has 1 rings (SSSR count). The number of hydrogen-bond donors (Lipinski definition) is 2. The summed E-state index contributed by atoms with van der Waals surface area (Å²) in [6, 6.07) is 1.20. The van der Waals surface area contributed by atoms with Crippen LogP contribution in [-0.4, -0.2) is 28.5 Å². The van der Waals surface area contributed by atoms with E-state index in [1.807, 2.05) is 5.32 Å². The summed E-state index contributed by atoms with van der Waals surface area (Å²) < 4.78 is 27.2. The molecule has 1 amide bonds. The molecule has 9 heteroatoms. The van der Waals surface area contributed by atoms with E-state index in [1.165, 1.54) is 13.8 Å². The first-order valence-corrected chi connectivity index (χ1v) is 5.72. The maximum Gasteiger partial charge on any atom is 0.310 e. The number of nitro groups is 1. The summed E-state index contributed by atoms with van der Waals surface area (Å²) in [5, 5.41) is 21.5. The van der Waals surface area contributed by atoms with Crippen molar-refractivity contribution in [1.29, 1.82) is 0 Å². The highest BCUT2D eigenvalue weighted by atomic mass is 19.1. The van der Waals surface area contributed by atoms with Crippen LogP contribution in [0.15, 0.2) is 12.1 Å². The molecule has 2 N–H and O–H groups in total. The third-order valence-corrected chi connectivity index (χ3v) is 2.76. The Morgan fingerprint density at radius 2 is 1.95 bits per heavy atom. The first-order chi connectivity index (χ1) is 9.58. The molecule has 7 nitrogen and oxygen atoms in total. The molecule has 0 heterocycles. The number of carboxylic acid groups (broad SMARTS) is 1. The molecule has 1 aromatic carbocycles. The summed E-state index contributed by atoms with van der Waals surface area (Å²) in [5.41, 5.74) is -3.52. The Labute approximate surface area is 117 Å². The highest BCUT2D eigenvalue weighted by Gasteiger charge is 2.30. The lowest BCUT2D eigenvalue weighted by Gasteiger charge is -2.19. The number of aliphatic carboxylic acids is 1. The molecular formula is C12H12F2N2O5. The molecule has 0 spiro atoms. The maximum absolute atomic E-state index is 13.8. The fourth-order valence-corrected chi connectivity index (χ4v) is 1.36. The molecule has 0 saturated carbocycles. The predicted molar refractivity (Wildman–Crippen MR) is 66.8 cm³/mol. The SMILES string of the molecule is CC(C)(CNC(=O)c1c(F)ccc([N+](=O)[O-])c1F)C(=O)O. The van der Waals surface area contributed by atoms with Gasteiger partial charge in [-0.15, -0.1) is 0 Å². The molecular weight excluding hydrogens is 290 g/mol. The van der Waals surface area contributed by atoms with Crippen molar-refractivity contribution in [3.63, 3.8) is 0 Å². The van der Waals surface area contributed by atoms with E-state index in [1.54, 1.807) is 0 Å². The molecule has 0 saturated heterocycles. The minimum Gasteiger partial charge on any atom is -0.481 e. The molecule has 1 aromatic rings. The van der Waals surface area contributed by atoms with Gasteiger partial charge in [0.25, 0.3) is 5.91 Å². The van der Waals surface area contributed by atoms with Crippen LogP contribution in [0, 0.1) is 27.2 Å². The van der Waals surface area contributed by atoms with E-state index in [2.05, 4.69) is 0 Å². The van der Waals surface area contributed by atoms with Crippen LogP contribution in [0.5, 0.6) is 0 Å². The fourth-order valence-electron chi connectivity index (χ4n) is 1.36. The van der Waals surface area contributed by atoms with E-state index in [9.17, 15) is 28.5 Å². The van der Waals surface area contributed by atoms with Crippen LogP contribution >= 0.6 is 0 Å². The second kappa shape index (κ2) is 5.81. The van der Waals surface area contributed by atoms with Gasteiger partial charge in [-0.1, -0.05) is 0 Å². The van der Waals surface area contributed by atoms with Crippen molar-refractivity contribution in [3.8, 4) is 0 Å². The average Bonchev–Trinajstić information content (AvgIpc) is 2.35. The van der Waals surface area contributed by atoms with E-state index >= 15 is 0 Å². The average molecular weight is 302 g/mol. The monoisotopic (exact) mass is 302 g/mol. The van der Waals surface area contributed by atoms with Gasteiger partial charge >= 0.3 is 11.7 Å². The Bertz CT molecular complexity index is 616. The molecule has 0 bridgehead atoms. The number of amides is 1. The van der Waals surface area contributed by atoms with Gasteiger partial charge in [-0.05, 0) is 19.9 Å². The van der Waals surface area contributed by atoms with Gasteiger partial charge in [0.1, 0.15) is 11.4 Å². The number of carboxylic acids is 1. The summed E-state index contributed by atoms with van der Waals surface area (Å²) in [4.78, 5) is 32.0. The van der Waals surface area contributed by atoms with Crippen LogP contribution in [0.1, 0.15) is 24.2 Å². The molecule has 21 heavy (non-hydrogen) atoms. The zero-order valence-electron chi connectivity index (χ0n) is 11.1. The quantitative estimate of drug-likeness (QED) is 0.635. The first-order valence-electron chi connectivity index (χ1n) is 5.72. The second-order valence-corrected chi connectivity index (χ2v) is 4.88. The largest absolute Gasteiger partial charge is 0.481 e. The van der Waals surface area contributed by atoms with E-state index < -0.39 is 51.6 Å². The number of hydrogen-bond acceptors (Lipinski definition) is 4. The Hall–Kier alpha value is -2.58. The van der Waals surface area contributed by atoms with Gasteiger partial charge in [-0.25, -0.2) is 4.39 Å². The Kier molecular flexibility index (Phi) is 4.56. The van der Waals surface area contributed by atoms with E-state index in [0.717, 1.165) is 0 Å². The highest BCUT2D eigenvalue weighted by Crippen LogP contribution is 2.23. The highest BCUT2D eigenvalue weighted by molar-refractivity contribution is 5.95. The van der Waals surface area contributed by atoms with E-state index in [4.69, 9.17) is 5.11 Å². The van der Waals surface area contributed by atoms with Gasteiger partial charge in [0, 0.05) is 12.6 Å². The van der Waals surface area contributed by atoms with Crippen LogP contribution in [0.25, 0.3) is 0 Å². The molecule has 0 atom stereocenters. The third-order valence-electron chi connectivity index (χ3n) is 2.76. The van der Waals surface area contributed by atoms with Gasteiger partial charge in [-0.2, -0.15) is 4.39 Å². The summed E-state index contributed by atoms with van der Waals surface area (Å²) in [6.45, 7) is 2.20. The van der Waals surface area contributed by atoms with Crippen LogP contribution in [-0.2, 0) is 4.79 Å². The van der Waals surface area contributed by atoms with Gasteiger partial charge in [0.05, 0.1) is 10.3 Å². The molecule has 114 valence electrons. The van der Waals surface area contributed by atoms with Crippen molar-refractivity contribution >= 4 is 17.6 Å². The van der Waals surface area contributed by atoms with Gasteiger partial charge in [0.15, 0.2) is 0 Å². The Morgan fingerprint density at radius 1 is 1.38 bits per heavy atom. The molecule has 0 aliphatic heterocycles. The normalized spacial score (nSPS) is 11.0. The molecule has 0 fully saturated rings. The fraction of sp³-hybridized carbons (Fsp3) is 0.333. The number of carbonyl (C=O) groups excluding carboxylic acids is 1. The molecule has 0 aliphatic rings. The Morgan fingerprint density at radius 3 is 2.43 bits per heavy atom. The van der Waals surface area contributed by atoms with E-state index in [-0.39, 0.29) is 0 Å². The topological polar surface area (TPSA) is 110 Å². The maximum atomic E-state index is 13.8. The number of carbonyl (C=O) groups is 2. The third kappa shape index (κ3) is 3.50. The number of nitrogens with one attached hydrogen (secondary N) is 1. The Balaban J connectivity index is 3.06. The minimum atomic E-state index is -1.61. The van der Waals surface area contributed by atoms with Crippen molar-refractivity contribution < 1.29 is 28.4 Å². The predicted octanol–water partition coefficient (Wildman–Crippen LogP) is 1.71. The van der Waals surface area contributed by atoms with Crippen molar-refractivity contribution in [2.75, 3.05) is 6.54 Å². The summed E-state index contributed by atoms with van der Waals surface area (Å²) >= 11 is 0. The minimum absolute atomic E-state index is 0.400. The van der Waals surface area contributed by atoms with Crippen LogP contribution in [0.2, 0.25) is 0 Å². The number of halogens is 2. The lowest BCUT2D eigenvalue weighted by atomic mass is 9.94. The molecule has 0 aliphatic carbocycles. The summed E-state index contributed by atoms with van der Waals surface area (Å²) in [5.74, 6) is -5.36. The lowest BCUT2D eigenvalue weighted by Crippen LogP contribution is -2.39. The second-order valence-electron chi connectivity index (χ2n) is 4.88. The summed E-state index contributed by atoms with van der Waals surface area (Å²) in [6.07, 6.45) is 0. The van der Waals surface area contributed by atoms with Crippen molar-refractivity contribution in [2.45, 2.75) is 13.8 Å². The number of benzene rings is 1. The van der Waals surface area contributed by atoms with Crippen LogP contribution in [0.4, 0.5) is 14.5 Å². The number of nitrogens with zero attached hydrogens (tertiary/aromatic N) is 1. The summed E-state index contributed by atoms with van der Waals surface area (Å²) in [7, 11) is 0. The van der Waals surface area contributed by atoms with Gasteiger partial charge in [-0.3, -0.25) is 19.7 Å².